The van der Waals surface area contributed by atoms with Crippen LogP contribution in [0.2, 0.25) is 5.02 Å². The summed E-state index contributed by atoms with van der Waals surface area (Å²) in [5, 5.41) is 0.301. The fraction of sp³-hybridized carbons (Fsp3) is 0.375. The second kappa shape index (κ2) is 4.04. The number of ether oxygens (including phenoxy) is 1. The van der Waals surface area contributed by atoms with E-state index in [1.807, 2.05) is 0 Å². The van der Waals surface area contributed by atoms with Crippen LogP contribution in [0.3, 0.4) is 0 Å². The highest BCUT2D eigenvalue weighted by atomic mass is 35.5. The first-order chi connectivity index (χ1) is 6.37. The third-order valence-electron chi connectivity index (χ3n) is 1.28. The van der Waals surface area contributed by atoms with Gasteiger partial charge in [-0.1, -0.05) is 11.6 Å². The van der Waals surface area contributed by atoms with Crippen molar-refractivity contribution in [1.82, 2.24) is 4.98 Å². The summed E-state index contributed by atoms with van der Waals surface area (Å²) in [6, 6.07) is 2.77. The maximum Gasteiger partial charge on any atom is 0.422 e. The maximum absolute atomic E-state index is 11.8. The van der Waals surface area contributed by atoms with Crippen molar-refractivity contribution in [2.75, 3.05) is 6.61 Å². The molecule has 0 aliphatic carbocycles. The van der Waals surface area contributed by atoms with Crippen LogP contribution in [0, 0.1) is 6.92 Å². The average Bonchev–Trinajstić information content (AvgIpc) is 1.97. The van der Waals surface area contributed by atoms with E-state index in [0.717, 1.165) is 0 Å². The van der Waals surface area contributed by atoms with Crippen molar-refractivity contribution in [2.45, 2.75) is 13.1 Å². The lowest BCUT2D eigenvalue weighted by atomic mass is 10.4. The van der Waals surface area contributed by atoms with Crippen molar-refractivity contribution in [3.63, 3.8) is 0 Å². The van der Waals surface area contributed by atoms with Crippen LogP contribution in [0.5, 0.6) is 5.88 Å². The highest BCUT2D eigenvalue weighted by Crippen LogP contribution is 2.20. The molecule has 2 nitrogen and oxygen atoms in total. The van der Waals surface area contributed by atoms with E-state index in [1.165, 1.54) is 12.1 Å². The number of pyridine rings is 1. The predicted molar refractivity (Wildman–Crippen MR) is 45.5 cm³/mol. The van der Waals surface area contributed by atoms with Crippen LogP contribution in [-0.4, -0.2) is 17.8 Å². The van der Waals surface area contributed by atoms with E-state index in [0.29, 0.717) is 10.7 Å². The molecule has 0 bridgehead atoms. The summed E-state index contributed by atoms with van der Waals surface area (Å²) in [6.45, 7) is 0.256. The Balaban J connectivity index is 2.68. The van der Waals surface area contributed by atoms with Crippen molar-refractivity contribution >= 4 is 11.6 Å². The van der Waals surface area contributed by atoms with Gasteiger partial charge in [0.05, 0.1) is 0 Å². The average molecular weight is 226 g/mol. The molecule has 14 heavy (non-hydrogen) atoms. The Morgan fingerprint density at radius 1 is 1.43 bits per heavy atom. The van der Waals surface area contributed by atoms with Gasteiger partial charge in [-0.15, -0.1) is 0 Å². The first kappa shape index (κ1) is 11.1. The Morgan fingerprint density at radius 3 is 2.57 bits per heavy atom. The summed E-state index contributed by atoms with van der Waals surface area (Å²) in [4.78, 5) is 3.73. The van der Waals surface area contributed by atoms with Gasteiger partial charge >= 0.3 is 6.18 Å². The van der Waals surface area contributed by atoms with Crippen molar-refractivity contribution in [1.29, 1.82) is 0 Å². The van der Waals surface area contributed by atoms with Crippen LogP contribution < -0.4 is 4.74 Å². The third-order valence-corrected chi connectivity index (χ3v) is 1.50. The molecule has 0 N–H and O–H groups in total. The van der Waals surface area contributed by atoms with Crippen molar-refractivity contribution in [3.8, 4) is 5.88 Å². The molecule has 0 aliphatic heterocycles. The normalized spacial score (nSPS) is 11.5. The Kier molecular flexibility index (Phi) is 3.21. The molecular weight excluding hydrogens is 219 g/mol. The van der Waals surface area contributed by atoms with Gasteiger partial charge in [-0.25, -0.2) is 4.98 Å². The van der Waals surface area contributed by atoms with Crippen LogP contribution in [-0.2, 0) is 0 Å². The van der Waals surface area contributed by atoms with E-state index < -0.39 is 12.8 Å². The van der Waals surface area contributed by atoms with Gasteiger partial charge < -0.3 is 4.74 Å². The van der Waals surface area contributed by atoms with Crippen LogP contribution >= 0.6 is 11.6 Å². The largest absolute Gasteiger partial charge is 0.468 e. The smallest absolute Gasteiger partial charge is 0.422 e. The van der Waals surface area contributed by atoms with E-state index in [2.05, 4.69) is 9.72 Å². The number of aryl methyl sites for hydroxylation is 1. The summed E-state index contributed by atoms with van der Waals surface area (Å²) in [5.74, 6) is -0.118. The molecule has 1 aromatic heterocycles. The van der Waals surface area contributed by atoms with E-state index in [9.17, 15) is 13.2 Å². The van der Waals surface area contributed by atoms with Crippen LogP contribution in [0.25, 0.3) is 0 Å². The van der Waals surface area contributed by atoms with Gasteiger partial charge in [0.1, 0.15) is 0 Å². The molecule has 1 aromatic rings. The molecule has 78 valence electrons. The Morgan fingerprint density at radius 2 is 2.07 bits per heavy atom. The summed E-state index contributed by atoms with van der Waals surface area (Å²) < 4.78 is 39.7. The van der Waals surface area contributed by atoms with E-state index >= 15 is 0 Å². The van der Waals surface area contributed by atoms with E-state index in [-0.39, 0.29) is 5.88 Å². The Labute approximate surface area is 83.7 Å². The minimum Gasteiger partial charge on any atom is -0.468 e. The topological polar surface area (TPSA) is 22.1 Å². The molecule has 0 saturated heterocycles. The maximum atomic E-state index is 11.8. The minimum absolute atomic E-state index is 0.118. The summed E-state index contributed by atoms with van der Waals surface area (Å²) in [7, 11) is 0. The molecule has 0 unspecified atom stereocenters. The second-order valence-electron chi connectivity index (χ2n) is 2.67. The second-order valence-corrected chi connectivity index (χ2v) is 3.11. The van der Waals surface area contributed by atoms with Gasteiger partial charge in [-0.3, -0.25) is 0 Å². The highest BCUT2D eigenvalue weighted by molar-refractivity contribution is 6.30. The van der Waals surface area contributed by atoms with Crippen LogP contribution in [0.1, 0.15) is 5.69 Å². The first-order valence-electron chi connectivity index (χ1n) is 3.70. The van der Waals surface area contributed by atoms with Gasteiger partial charge in [-0.2, -0.15) is 13.2 Å². The van der Waals surface area contributed by atoms with Crippen molar-refractivity contribution in [2.24, 2.45) is 0 Å². The molecule has 0 saturated carbocycles. The lowest BCUT2D eigenvalue weighted by Crippen LogP contribution is -2.19. The van der Waals surface area contributed by atoms with Gasteiger partial charge in [-0.05, 0) is 13.0 Å². The zero-order valence-electron chi connectivity index (χ0n) is 7.23. The molecule has 6 heteroatoms. The molecule has 1 heterocycles. The first-order valence-corrected chi connectivity index (χ1v) is 4.08. The number of halogens is 4. The predicted octanol–water partition coefficient (Wildman–Crippen LogP) is 2.98. The number of hydrogen-bond acceptors (Lipinski definition) is 2. The number of aromatic nitrogens is 1. The van der Waals surface area contributed by atoms with E-state index in [1.54, 1.807) is 6.92 Å². The molecule has 0 aliphatic rings. The standard InChI is InChI=1S/C8H7ClF3NO/c1-5-2-6(9)3-7(13-5)14-4-8(10,11)12/h2-3H,4H2,1H3. The minimum atomic E-state index is -4.36. The van der Waals surface area contributed by atoms with Gasteiger partial charge in [0, 0.05) is 16.8 Å². The lowest BCUT2D eigenvalue weighted by Gasteiger charge is -2.08. The zero-order valence-corrected chi connectivity index (χ0v) is 7.99. The monoisotopic (exact) mass is 225 g/mol. The number of nitrogens with zero attached hydrogens (tertiary/aromatic N) is 1. The summed E-state index contributed by atoms with van der Waals surface area (Å²) in [6.07, 6.45) is -4.36. The number of alkyl halides is 3. The molecule has 0 aromatic carbocycles. The fourth-order valence-corrected chi connectivity index (χ4v) is 1.08. The number of hydrogen-bond donors (Lipinski definition) is 0. The molecule has 0 amide bonds. The van der Waals surface area contributed by atoms with Crippen molar-refractivity contribution < 1.29 is 17.9 Å². The summed E-state index contributed by atoms with van der Waals surface area (Å²) >= 11 is 5.60. The molecule has 0 radical (unpaired) electrons. The highest BCUT2D eigenvalue weighted by Gasteiger charge is 2.28. The van der Waals surface area contributed by atoms with Crippen molar-refractivity contribution in [3.05, 3.63) is 22.8 Å². The van der Waals surface area contributed by atoms with Gasteiger partial charge in [0.25, 0.3) is 0 Å². The van der Waals surface area contributed by atoms with Crippen LogP contribution in [0.4, 0.5) is 13.2 Å². The quantitative estimate of drug-likeness (QED) is 0.772. The molecule has 0 spiro atoms. The van der Waals surface area contributed by atoms with Crippen LogP contribution in [0.15, 0.2) is 12.1 Å². The fourth-order valence-electron chi connectivity index (χ4n) is 0.827. The molecule has 1 rings (SSSR count). The molecular formula is C8H7ClF3NO. The molecule has 0 atom stereocenters. The Bertz CT molecular complexity index is 307. The summed E-state index contributed by atoms with van der Waals surface area (Å²) in [5.41, 5.74) is 0.509. The third kappa shape index (κ3) is 3.83. The van der Waals surface area contributed by atoms with E-state index in [4.69, 9.17) is 11.6 Å². The Hall–Kier alpha value is -0.970. The van der Waals surface area contributed by atoms with Gasteiger partial charge in [0.15, 0.2) is 6.61 Å². The lowest BCUT2D eigenvalue weighted by molar-refractivity contribution is -0.154. The zero-order chi connectivity index (χ0) is 10.8. The SMILES string of the molecule is Cc1cc(Cl)cc(OCC(F)(F)F)n1. The van der Waals surface area contributed by atoms with Gasteiger partial charge in [0.2, 0.25) is 5.88 Å². The number of rotatable bonds is 2. The molecule has 0 fully saturated rings.